The zero-order valence-corrected chi connectivity index (χ0v) is 16.3. The Kier molecular flexibility index (Phi) is 7.21. The van der Waals surface area contributed by atoms with Crippen LogP contribution in [0, 0.1) is 0 Å². The summed E-state index contributed by atoms with van der Waals surface area (Å²) in [5.74, 6) is -0.563. The highest BCUT2D eigenvalue weighted by atomic mass is 16.6. The number of hydrogen-bond acceptors (Lipinski definition) is 5. The number of hydrogen-bond donors (Lipinski definition) is 1. The van der Waals surface area contributed by atoms with Crippen LogP contribution in [0.15, 0.2) is 60.9 Å². The predicted molar refractivity (Wildman–Crippen MR) is 106 cm³/mol. The fourth-order valence-electron chi connectivity index (χ4n) is 3.35. The highest BCUT2D eigenvalue weighted by Crippen LogP contribution is 2.41. The molecule has 2 aromatic carbocycles. The van der Waals surface area contributed by atoms with Crippen LogP contribution in [0.4, 0.5) is 4.79 Å². The van der Waals surface area contributed by atoms with Crippen molar-refractivity contribution in [1.29, 1.82) is 0 Å². The Balaban J connectivity index is 2.83. The molecule has 0 radical (unpaired) electrons. The van der Waals surface area contributed by atoms with Crippen LogP contribution in [-0.4, -0.2) is 26.3 Å². The van der Waals surface area contributed by atoms with Crippen LogP contribution < -0.4 is 5.73 Å². The van der Waals surface area contributed by atoms with Crippen molar-refractivity contribution in [2.45, 2.75) is 25.4 Å². The lowest BCUT2D eigenvalue weighted by molar-refractivity contribution is -0.133. The summed E-state index contributed by atoms with van der Waals surface area (Å²) >= 11 is 0. The number of amides is 1. The molecule has 0 aliphatic carbocycles. The molecule has 28 heavy (non-hydrogen) atoms. The molecule has 2 N–H and O–H groups in total. The van der Waals surface area contributed by atoms with E-state index in [-0.39, 0.29) is 5.57 Å². The highest BCUT2D eigenvalue weighted by Gasteiger charge is 2.40. The summed E-state index contributed by atoms with van der Waals surface area (Å²) < 4.78 is 15.8. The van der Waals surface area contributed by atoms with Crippen molar-refractivity contribution in [2.24, 2.45) is 5.73 Å². The Hall–Kier alpha value is -3.28. The lowest BCUT2D eigenvalue weighted by atomic mass is 9.79. The van der Waals surface area contributed by atoms with E-state index in [0.29, 0.717) is 24.0 Å². The molecule has 2 rings (SSSR count). The monoisotopic (exact) mass is 383 g/mol. The zero-order chi connectivity index (χ0) is 20.6. The van der Waals surface area contributed by atoms with Gasteiger partial charge in [-0.1, -0.05) is 67.9 Å². The van der Waals surface area contributed by atoms with Crippen LogP contribution in [0.3, 0.4) is 0 Å². The van der Waals surface area contributed by atoms with Gasteiger partial charge in [0.15, 0.2) is 5.60 Å². The average Bonchev–Trinajstić information content (AvgIpc) is 2.71. The largest absolute Gasteiger partial charge is 0.503 e. The van der Waals surface area contributed by atoms with Gasteiger partial charge in [-0.05, 0) is 12.0 Å². The molecule has 0 spiro atoms. The number of carbonyl (C=O) groups excluding carboxylic acids is 2. The molecule has 0 saturated carbocycles. The predicted octanol–water partition coefficient (Wildman–Crippen LogP) is 3.99. The normalized spacial score (nSPS) is 13.3. The molecule has 0 heterocycles. The van der Waals surface area contributed by atoms with E-state index in [0.717, 1.165) is 5.56 Å². The number of rotatable bonds is 8. The van der Waals surface area contributed by atoms with Gasteiger partial charge in [0.1, 0.15) is 5.57 Å². The molecule has 0 aliphatic heterocycles. The van der Waals surface area contributed by atoms with E-state index >= 15 is 0 Å². The third-order valence-corrected chi connectivity index (χ3v) is 4.41. The second kappa shape index (κ2) is 9.60. The smallest absolute Gasteiger partial charge is 0.405 e. The van der Waals surface area contributed by atoms with Gasteiger partial charge in [0.2, 0.25) is 0 Å². The zero-order valence-electron chi connectivity index (χ0n) is 16.3. The Morgan fingerprint density at radius 1 is 1.04 bits per heavy atom. The van der Waals surface area contributed by atoms with E-state index in [4.69, 9.17) is 19.9 Å². The van der Waals surface area contributed by atoms with Gasteiger partial charge in [-0.15, -0.1) is 0 Å². The van der Waals surface area contributed by atoms with Crippen molar-refractivity contribution in [3.8, 4) is 0 Å². The molecular formula is C22H25NO5. The van der Waals surface area contributed by atoms with Gasteiger partial charge >= 0.3 is 12.1 Å². The van der Waals surface area contributed by atoms with Gasteiger partial charge in [0, 0.05) is 11.1 Å². The number of methoxy groups -OCH3 is 2. The minimum Gasteiger partial charge on any atom is -0.503 e. The Morgan fingerprint density at radius 2 is 1.68 bits per heavy atom. The molecule has 0 aliphatic rings. The molecule has 0 saturated heterocycles. The van der Waals surface area contributed by atoms with Gasteiger partial charge in [-0.25, -0.2) is 9.59 Å². The van der Waals surface area contributed by atoms with Crippen molar-refractivity contribution in [1.82, 2.24) is 0 Å². The van der Waals surface area contributed by atoms with Crippen LogP contribution in [-0.2, 0) is 24.6 Å². The maximum absolute atomic E-state index is 12.4. The van der Waals surface area contributed by atoms with Crippen LogP contribution in [0.2, 0.25) is 0 Å². The topological polar surface area (TPSA) is 87.9 Å². The third kappa shape index (κ3) is 4.34. The molecule has 2 aromatic rings. The second-order valence-corrected chi connectivity index (χ2v) is 6.17. The van der Waals surface area contributed by atoms with Gasteiger partial charge in [0.05, 0.1) is 20.5 Å². The van der Waals surface area contributed by atoms with Crippen LogP contribution >= 0.6 is 0 Å². The summed E-state index contributed by atoms with van der Waals surface area (Å²) in [6, 6.07) is 16.5. The second-order valence-electron chi connectivity index (χ2n) is 6.17. The van der Waals surface area contributed by atoms with Crippen LogP contribution in [0.1, 0.15) is 36.5 Å². The summed E-state index contributed by atoms with van der Waals surface area (Å²) in [5.41, 5.74) is 6.42. The fourth-order valence-corrected chi connectivity index (χ4v) is 3.35. The average molecular weight is 383 g/mol. The van der Waals surface area contributed by atoms with Crippen molar-refractivity contribution in [2.75, 3.05) is 14.2 Å². The van der Waals surface area contributed by atoms with Crippen molar-refractivity contribution in [3.63, 3.8) is 0 Å². The maximum atomic E-state index is 12.4. The molecule has 148 valence electrons. The maximum Gasteiger partial charge on any atom is 0.405 e. The molecule has 0 bridgehead atoms. The summed E-state index contributed by atoms with van der Waals surface area (Å²) in [6.07, 6.45) is 1.59. The molecule has 1 unspecified atom stereocenters. The number of esters is 1. The Bertz CT molecular complexity index is 847. The molecule has 0 aromatic heterocycles. The molecular weight excluding hydrogens is 358 g/mol. The number of ether oxygens (including phenoxy) is 3. The first-order chi connectivity index (χ1) is 13.5. The number of primary amides is 1. The van der Waals surface area contributed by atoms with E-state index in [1.807, 2.05) is 49.4 Å². The summed E-state index contributed by atoms with van der Waals surface area (Å²) in [7, 11) is 2.74. The number of benzene rings is 2. The van der Waals surface area contributed by atoms with Gasteiger partial charge < -0.3 is 19.9 Å². The first-order valence-electron chi connectivity index (χ1n) is 8.95. The highest BCUT2D eigenvalue weighted by molar-refractivity contribution is 6.16. The quantitative estimate of drug-likeness (QED) is 0.423. The van der Waals surface area contributed by atoms with Gasteiger partial charge in [0.25, 0.3) is 0 Å². The summed E-state index contributed by atoms with van der Waals surface area (Å²) in [6.45, 7) is 1.98. The summed E-state index contributed by atoms with van der Waals surface area (Å²) in [4.78, 5) is 24.3. The Labute approximate surface area is 164 Å². The fraction of sp³-hybridized carbons (Fsp3) is 0.273. The lowest BCUT2D eigenvalue weighted by Crippen LogP contribution is -2.37. The third-order valence-electron chi connectivity index (χ3n) is 4.41. The van der Waals surface area contributed by atoms with Crippen molar-refractivity contribution >= 4 is 17.6 Å². The molecule has 1 amide bonds. The van der Waals surface area contributed by atoms with Gasteiger partial charge in [-0.2, -0.15) is 0 Å². The number of carbonyl (C=O) groups is 2. The molecule has 1 atom stereocenters. The van der Waals surface area contributed by atoms with E-state index in [9.17, 15) is 9.59 Å². The van der Waals surface area contributed by atoms with E-state index in [1.54, 1.807) is 12.1 Å². The van der Waals surface area contributed by atoms with Gasteiger partial charge in [-0.3, -0.25) is 0 Å². The number of nitrogens with two attached hydrogens (primary N) is 1. The first kappa shape index (κ1) is 21.0. The van der Waals surface area contributed by atoms with Crippen molar-refractivity contribution in [3.05, 3.63) is 77.5 Å². The van der Waals surface area contributed by atoms with Crippen molar-refractivity contribution < 1.29 is 23.8 Å². The summed E-state index contributed by atoms with van der Waals surface area (Å²) in [5, 5.41) is 0. The molecule has 0 fully saturated rings. The molecule has 6 heteroatoms. The minimum absolute atomic E-state index is 0.213. The van der Waals surface area contributed by atoms with E-state index in [2.05, 4.69) is 0 Å². The Morgan fingerprint density at radius 3 is 2.25 bits per heavy atom. The van der Waals surface area contributed by atoms with Crippen LogP contribution in [0.5, 0.6) is 0 Å². The lowest BCUT2D eigenvalue weighted by Gasteiger charge is -2.35. The van der Waals surface area contributed by atoms with Crippen LogP contribution in [0.25, 0.3) is 5.57 Å². The standard InChI is InChI=1S/C22H25NO5/c1-4-14-22(28-21(23)25,16-10-6-5-7-11-16)19-13-9-8-12-17(19)18(15-26-2)20(24)27-3/h5-13,15H,4,14H2,1-3H3,(H2,23,25). The van der Waals surface area contributed by atoms with E-state index in [1.165, 1.54) is 20.5 Å². The minimum atomic E-state index is -1.17. The van der Waals surface area contributed by atoms with E-state index < -0.39 is 17.7 Å². The first-order valence-corrected chi connectivity index (χ1v) is 8.95. The molecule has 6 nitrogen and oxygen atoms in total. The SMILES string of the molecule is CCCC(OC(N)=O)(c1ccccc1)c1ccccc1C(=COC)C(=O)OC.